The number of thiophene rings is 1. The fourth-order valence-electron chi connectivity index (χ4n) is 7.39. The zero-order valence-corrected chi connectivity index (χ0v) is 29.4. The van der Waals surface area contributed by atoms with Gasteiger partial charge in [0.25, 0.3) is 0 Å². The van der Waals surface area contributed by atoms with E-state index in [1.54, 1.807) is 11.8 Å². The van der Waals surface area contributed by atoms with Crippen molar-refractivity contribution >= 4 is 87.4 Å². The van der Waals surface area contributed by atoms with E-state index in [2.05, 4.69) is 152 Å². The maximum absolute atomic E-state index is 5.27. The zero-order chi connectivity index (χ0) is 33.5. The van der Waals surface area contributed by atoms with Crippen LogP contribution in [0.1, 0.15) is 0 Å². The summed E-state index contributed by atoms with van der Waals surface area (Å²) in [6.07, 6.45) is 0. The summed E-state index contributed by atoms with van der Waals surface area (Å²) in [5.41, 5.74) is 2.96. The molecular formula is C45H25N3S3. The molecular weight excluding hydrogens is 679 g/mol. The summed E-state index contributed by atoms with van der Waals surface area (Å²) >= 11 is 5.42. The van der Waals surface area contributed by atoms with Gasteiger partial charge in [0.05, 0.1) is 0 Å². The first-order valence-corrected chi connectivity index (χ1v) is 19.3. The van der Waals surface area contributed by atoms with E-state index in [1.807, 2.05) is 23.1 Å². The molecule has 0 radical (unpaired) electrons. The lowest BCUT2D eigenvalue weighted by atomic mass is 9.93. The van der Waals surface area contributed by atoms with Crippen LogP contribution in [0.5, 0.6) is 0 Å². The van der Waals surface area contributed by atoms with Crippen molar-refractivity contribution in [3.63, 3.8) is 0 Å². The van der Waals surface area contributed by atoms with Crippen LogP contribution in [0.3, 0.4) is 0 Å². The van der Waals surface area contributed by atoms with E-state index in [4.69, 9.17) is 15.0 Å². The second kappa shape index (κ2) is 11.5. The Labute approximate surface area is 306 Å². The second-order valence-electron chi connectivity index (χ2n) is 12.8. The van der Waals surface area contributed by atoms with Crippen LogP contribution in [-0.2, 0) is 0 Å². The fraction of sp³-hybridized carbons (Fsp3) is 0. The van der Waals surface area contributed by atoms with Crippen LogP contribution < -0.4 is 0 Å². The minimum atomic E-state index is 0.663. The van der Waals surface area contributed by atoms with Gasteiger partial charge in [0, 0.05) is 56.4 Å². The summed E-state index contributed by atoms with van der Waals surface area (Å²) in [6.45, 7) is 0. The second-order valence-corrected chi connectivity index (χ2v) is 16.0. The molecule has 11 rings (SSSR count). The summed E-state index contributed by atoms with van der Waals surface area (Å²) in [6, 6.07) is 54.3. The third-order valence-electron chi connectivity index (χ3n) is 9.77. The molecule has 0 saturated carbocycles. The molecule has 0 fully saturated rings. The van der Waals surface area contributed by atoms with Gasteiger partial charge in [-0.15, -0.1) is 11.3 Å². The molecule has 238 valence electrons. The Morgan fingerprint density at radius 1 is 0.333 bits per heavy atom. The van der Waals surface area contributed by atoms with Gasteiger partial charge in [0.15, 0.2) is 17.5 Å². The average molecular weight is 704 g/mol. The first kappa shape index (κ1) is 29.2. The van der Waals surface area contributed by atoms with Crippen LogP contribution in [0.4, 0.5) is 0 Å². The van der Waals surface area contributed by atoms with E-state index in [0.29, 0.717) is 17.5 Å². The Bertz CT molecular complexity index is 3020. The summed E-state index contributed by atoms with van der Waals surface area (Å²) in [5.74, 6) is 2.01. The summed E-state index contributed by atoms with van der Waals surface area (Å²) < 4.78 is 2.54. The van der Waals surface area contributed by atoms with Crippen molar-refractivity contribution in [2.24, 2.45) is 0 Å². The Kier molecular flexibility index (Phi) is 6.59. The minimum absolute atomic E-state index is 0.663. The van der Waals surface area contributed by atoms with Crippen molar-refractivity contribution in [3.05, 3.63) is 152 Å². The van der Waals surface area contributed by atoms with Gasteiger partial charge >= 0.3 is 0 Å². The van der Waals surface area contributed by atoms with Gasteiger partial charge in [-0.1, -0.05) is 121 Å². The molecule has 8 aromatic carbocycles. The van der Waals surface area contributed by atoms with Gasteiger partial charge in [-0.3, -0.25) is 0 Å². The van der Waals surface area contributed by atoms with E-state index < -0.39 is 0 Å². The Morgan fingerprint density at radius 3 is 1.57 bits per heavy atom. The van der Waals surface area contributed by atoms with Crippen LogP contribution in [0.2, 0.25) is 0 Å². The highest BCUT2D eigenvalue weighted by Gasteiger charge is 2.23. The van der Waals surface area contributed by atoms with Crippen LogP contribution in [0, 0.1) is 0 Å². The quantitative estimate of drug-likeness (QED) is 0.171. The van der Waals surface area contributed by atoms with Crippen LogP contribution >= 0.6 is 34.9 Å². The number of fused-ring (bicyclic) bond motifs is 11. The maximum Gasteiger partial charge on any atom is 0.165 e. The van der Waals surface area contributed by atoms with Crippen molar-refractivity contribution < 1.29 is 0 Å². The largest absolute Gasteiger partial charge is 0.208 e. The van der Waals surface area contributed by atoms with Gasteiger partial charge in [-0.25, -0.2) is 15.0 Å². The van der Waals surface area contributed by atoms with Gasteiger partial charge in [0.2, 0.25) is 0 Å². The Morgan fingerprint density at radius 2 is 0.843 bits per heavy atom. The molecule has 10 aromatic rings. The van der Waals surface area contributed by atoms with Gasteiger partial charge in [0.1, 0.15) is 0 Å². The number of hydrogen-bond donors (Lipinski definition) is 0. The molecule has 0 atom stereocenters. The predicted molar refractivity (Wildman–Crippen MR) is 216 cm³/mol. The number of nitrogens with zero attached hydrogens (tertiary/aromatic N) is 3. The third kappa shape index (κ3) is 4.71. The van der Waals surface area contributed by atoms with E-state index in [1.165, 1.54) is 72.1 Å². The fourth-order valence-corrected chi connectivity index (χ4v) is 10.9. The lowest BCUT2D eigenvalue weighted by molar-refractivity contribution is 1.06. The number of aromatic nitrogens is 3. The minimum Gasteiger partial charge on any atom is -0.208 e. The van der Waals surface area contributed by atoms with Crippen molar-refractivity contribution in [2.45, 2.75) is 19.6 Å². The van der Waals surface area contributed by atoms with Gasteiger partial charge < -0.3 is 0 Å². The first-order chi connectivity index (χ1) is 25.2. The number of benzene rings is 8. The smallest absolute Gasteiger partial charge is 0.165 e. The molecule has 6 heteroatoms. The molecule has 3 heterocycles. The Hall–Kier alpha value is -5.53. The molecule has 0 saturated heterocycles. The van der Waals surface area contributed by atoms with Gasteiger partial charge in [-0.2, -0.15) is 0 Å². The topological polar surface area (TPSA) is 38.7 Å². The van der Waals surface area contributed by atoms with E-state index in [-0.39, 0.29) is 0 Å². The molecule has 0 unspecified atom stereocenters. The van der Waals surface area contributed by atoms with Crippen LogP contribution in [-0.4, -0.2) is 15.0 Å². The highest BCUT2D eigenvalue weighted by molar-refractivity contribution is 8.05. The highest BCUT2D eigenvalue weighted by Crippen LogP contribution is 2.51. The highest BCUT2D eigenvalue weighted by atomic mass is 32.2. The maximum atomic E-state index is 5.27. The lowest BCUT2D eigenvalue weighted by Gasteiger charge is -2.20. The van der Waals surface area contributed by atoms with Gasteiger partial charge in [-0.05, 0) is 86.9 Å². The summed E-state index contributed by atoms with van der Waals surface area (Å²) in [5, 5.41) is 9.88. The van der Waals surface area contributed by atoms with Crippen molar-refractivity contribution in [2.75, 3.05) is 0 Å². The molecule has 0 amide bonds. The molecule has 1 aliphatic rings. The average Bonchev–Trinajstić information content (AvgIpc) is 3.57. The first-order valence-electron chi connectivity index (χ1n) is 16.8. The normalized spacial score (nSPS) is 12.5. The Balaban J connectivity index is 1.15. The summed E-state index contributed by atoms with van der Waals surface area (Å²) in [4.78, 5) is 20.7. The third-order valence-corrected chi connectivity index (χ3v) is 13.5. The van der Waals surface area contributed by atoms with Crippen molar-refractivity contribution in [1.82, 2.24) is 15.0 Å². The van der Waals surface area contributed by atoms with E-state index >= 15 is 0 Å². The molecule has 3 nitrogen and oxygen atoms in total. The van der Waals surface area contributed by atoms with E-state index in [0.717, 1.165) is 16.7 Å². The lowest BCUT2D eigenvalue weighted by Crippen LogP contribution is -2.02. The SMILES string of the molecule is c1ccc2c(c1)Sc1cccc(-c3nc(-c4ccc5sc6ccccc6c5c4)nc(-c4ccc5c6ccccc6c6ccccc6c5c4)n3)c1S2. The molecule has 51 heavy (non-hydrogen) atoms. The van der Waals surface area contributed by atoms with E-state index in [9.17, 15) is 0 Å². The van der Waals surface area contributed by atoms with Crippen LogP contribution in [0.25, 0.3) is 86.7 Å². The summed E-state index contributed by atoms with van der Waals surface area (Å²) in [7, 11) is 0. The van der Waals surface area contributed by atoms with Crippen molar-refractivity contribution in [3.8, 4) is 34.2 Å². The number of rotatable bonds is 3. The van der Waals surface area contributed by atoms with Crippen LogP contribution in [0.15, 0.2) is 171 Å². The molecule has 0 bridgehead atoms. The number of hydrogen-bond acceptors (Lipinski definition) is 6. The monoisotopic (exact) mass is 703 g/mol. The standard InChI is InChI=1S/C45H25N3S3/c1-2-12-30-28(10-1)29-11-3-4-13-31(29)35-24-26(20-22-32(30)35)43-46-44(27-21-23-38-36(25-27)33-14-5-6-16-37(33)49-38)48-45(47-43)34-15-9-19-41-42(34)51-40-18-8-7-17-39(40)50-41/h1-25H. The van der Waals surface area contributed by atoms with Crippen molar-refractivity contribution in [1.29, 1.82) is 0 Å². The predicted octanol–water partition coefficient (Wildman–Crippen LogP) is 13.3. The molecule has 0 N–H and O–H groups in total. The molecule has 0 aliphatic carbocycles. The zero-order valence-electron chi connectivity index (χ0n) is 27.0. The molecule has 1 aliphatic heterocycles. The molecule has 2 aromatic heterocycles. The molecule has 0 spiro atoms.